The van der Waals surface area contributed by atoms with Crippen LogP contribution in [0.2, 0.25) is 5.02 Å². The maximum Gasteiger partial charge on any atom is 0.573 e. The maximum atomic E-state index is 12.5. The molecular weight excluding hydrogens is 407 g/mol. The van der Waals surface area contributed by atoms with E-state index in [2.05, 4.69) is 9.46 Å². The summed E-state index contributed by atoms with van der Waals surface area (Å²) in [4.78, 5) is -0.210. The van der Waals surface area contributed by atoms with Crippen molar-refractivity contribution in [3.05, 3.63) is 59.1 Å². The molecule has 0 spiro atoms. The van der Waals surface area contributed by atoms with E-state index in [0.29, 0.717) is 10.6 Å². The lowest BCUT2D eigenvalue weighted by molar-refractivity contribution is -0.274. The fraction of sp³-hybridized carbons (Fsp3) is 0.294. The van der Waals surface area contributed by atoms with Crippen LogP contribution in [0.25, 0.3) is 0 Å². The summed E-state index contributed by atoms with van der Waals surface area (Å²) in [5.74, 6) is -0.514. The molecule has 2 rings (SSSR count). The van der Waals surface area contributed by atoms with Crippen LogP contribution in [-0.4, -0.2) is 27.9 Å². The van der Waals surface area contributed by atoms with Gasteiger partial charge in [0.2, 0.25) is 10.0 Å². The summed E-state index contributed by atoms with van der Waals surface area (Å²) in [6.45, 7) is 1.59. The van der Waals surface area contributed by atoms with Gasteiger partial charge in [-0.05, 0) is 37.3 Å². The van der Waals surface area contributed by atoms with E-state index in [4.69, 9.17) is 16.3 Å². The van der Waals surface area contributed by atoms with Gasteiger partial charge in [0.15, 0.2) is 0 Å². The Morgan fingerprint density at radius 2 is 1.67 bits per heavy atom. The van der Waals surface area contributed by atoms with Gasteiger partial charge >= 0.3 is 6.36 Å². The Balaban J connectivity index is 2.18. The Hall–Kier alpha value is -1.81. The quantitative estimate of drug-likeness (QED) is 0.721. The topological polar surface area (TPSA) is 64.6 Å². The minimum Gasteiger partial charge on any atom is -0.406 e. The third-order valence-electron chi connectivity index (χ3n) is 3.63. The van der Waals surface area contributed by atoms with Crippen molar-refractivity contribution in [2.75, 3.05) is 7.11 Å². The van der Waals surface area contributed by atoms with Gasteiger partial charge in [-0.2, -0.15) is 0 Å². The largest absolute Gasteiger partial charge is 0.573 e. The Bertz CT molecular complexity index is 872. The molecule has 27 heavy (non-hydrogen) atoms. The number of ether oxygens (including phenoxy) is 2. The van der Waals surface area contributed by atoms with Crippen molar-refractivity contribution in [2.45, 2.75) is 30.3 Å². The highest BCUT2D eigenvalue weighted by atomic mass is 35.5. The van der Waals surface area contributed by atoms with Crippen LogP contribution in [0.5, 0.6) is 5.75 Å². The van der Waals surface area contributed by atoms with Gasteiger partial charge in [-0.1, -0.05) is 29.8 Å². The highest BCUT2D eigenvalue weighted by molar-refractivity contribution is 7.89. The summed E-state index contributed by atoms with van der Waals surface area (Å²) >= 11 is 6.14. The van der Waals surface area contributed by atoms with E-state index in [-0.39, 0.29) is 4.90 Å². The SMILES string of the molecule is CO[C@@H](c1ccccc1Cl)[C@H](C)NS(=O)(=O)c1ccc(OC(F)(F)F)cc1. The average Bonchev–Trinajstić information content (AvgIpc) is 2.56. The van der Waals surface area contributed by atoms with Gasteiger partial charge in [0.25, 0.3) is 0 Å². The molecule has 1 N–H and O–H groups in total. The molecule has 0 saturated heterocycles. The highest BCUT2D eigenvalue weighted by Gasteiger charge is 2.31. The molecule has 148 valence electrons. The zero-order chi connectivity index (χ0) is 20.2. The predicted molar refractivity (Wildman–Crippen MR) is 94.1 cm³/mol. The smallest absolute Gasteiger partial charge is 0.406 e. The fourth-order valence-corrected chi connectivity index (χ4v) is 3.99. The molecule has 0 saturated carbocycles. The molecule has 2 atom stereocenters. The molecule has 0 unspecified atom stereocenters. The van der Waals surface area contributed by atoms with Gasteiger partial charge in [-0.3, -0.25) is 0 Å². The molecule has 2 aromatic rings. The number of hydrogen-bond donors (Lipinski definition) is 1. The maximum absolute atomic E-state index is 12.5. The van der Waals surface area contributed by atoms with E-state index < -0.39 is 34.3 Å². The van der Waals surface area contributed by atoms with Crippen molar-refractivity contribution in [1.29, 1.82) is 0 Å². The Kier molecular flexibility index (Phi) is 6.74. The zero-order valence-electron chi connectivity index (χ0n) is 14.3. The molecule has 0 aliphatic carbocycles. The second-order valence-corrected chi connectivity index (χ2v) is 7.73. The summed E-state index contributed by atoms with van der Waals surface area (Å²) in [6.07, 6.45) is -5.52. The van der Waals surface area contributed by atoms with Crippen molar-refractivity contribution in [1.82, 2.24) is 4.72 Å². The Morgan fingerprint density at radius 1 is 1.07 bits per heavy atom. The van der Waals surface area contributed by atoms with Gasteiger partial charge in [-0.25, -0.2) is 13.1 Å². The highest BCUT2D eigenvalue weighted by Crippen LogP contribution is 2.29. The number of hydrogen-bond acceptors (Lipinski definition) is 4. The molecular formula is C17H17ClF3NO4S. The van der Waals surface area contributed by atoms with Gasteiger partial charge in [0.1, 0.15) is 5.75 Å². The van der Waals surface area contributed by atoms with E-state index in [1.165, 1.54) is 7.11 Å². The molecule has 0 radical (unpaired) electrons. The first-order valence-corrected chi connectivity index (χ1v) is 9.55. The van der Waals surface area contributed by atoms with Gasteiger partial charge in [0, 0.05) is 23.7 Å². The van der Waals surface area contributed by atoms with Crippen LogP contribution in [0.15, 0.2) is 53.4 Å². The predicted octanol–water partition coefficient (Wildman–Crippen LogP) is 4.29. The number of nitrogens with one attached hydrogen (secondary N) is 1. The number of sulfonamides is 1. The standard InChI is InChI=1S/C17H17ClF3NO4S/c1-11(16(25-2)14-5-3-4-6-15(14)18)22-27(23,24)13-9-7-12(8-10-13)26-17(19,20)21/h3-11,16,22H,1-2H3/t11-,16+/m0/s1. The summed E-state index contributed by atoms with van der Waals surface area (Å²) in [5, 5.41) is 0.420. The van der Waals surface area contributed by atoms with E-state index in [1.54, 1.807) is 31.2 Å². The number of methoxy groups -OCH3 is 1. The second kappa shape index (κ2) is 8.47. The molecule has 0 fully saturated rings. The minimum absolute atomic E-state index is 0.210. The van der Waals surface area contributed by atoms with Crippen LogP contribution in [-0.2, 0) is 14.8 Å². The number of rotatable bonds is 7. The lowest BCUT2D eigenvalue weighted by atomic mass is 10.0. The van der Waals surface area contributed by atoms with Crippen molar-refractivity contribution >= 4 is 21.6 Å². The first-order chi connectivity index (χ1) is 12.5. The van der Waals surface area contributed by atoms with Crippen LogP contribution in [0, 0.1) is 0 Å². The fourth-order valence-electron chi connectivity index (χ4n) is 2.50. The molecule has 0 aromatic heterocycles. The first-order valence-electron chi connectivity index (χ1n) is 7.69. The van der Waals surface area contributed by atoms with Crippen molar-refractivity contribution < 1.29 is 31.1 Å². The van der Waals surface area contributed by atoms with Gasteiger partial charge < -0.3 is 9.47 Å². The number of alkyl halides is 3. The lowest BCUT2D eigenvalue weighted by Crippen LogP contribution is -2.37. The molecule has 5 nitrogen and oxygen atoms in total. The summed E-state index contributed by atoms with van der Waals surface area (Å²) < 4.78 is 73.2. The average molecular weight is 424 g/mol. The summed E-state index contributed by atoms with van der Waals surface area (Å²) in [7, 11) is -2.59. The molecule has 0 bridgehead atoms. The van der Waals surface area contributed by atoms with Crippen LogP contribution >= 0.6 is 11.6 Å². The van der Waals surface area contributed by atoms with E-state index in [0.717, 1.165) is 24.3 Å². The lowest BCUT2D eigenvalue weighted by Gasteiger charge is -2.24. The second-order valence-electron chi connectivity index (χ2n) is 5.61. The number of benzene rings is 2. The summed E-state index contributed by atoms with van der Waals surface area (Å²) in [5.41, 5.74) is 0.603. The van der Waals surface area contributed by atoms with Crippen LogP contribution in [0.1, 0.15) is 18.6 Å². The number of halogens is 4. The van der Waals surface area contributed by atoms with Crippen LogP contribution < -0.4 is 9.46 Å². The van der Waals surface area contributed by atoms with Crippen molar-refractivity contribution in [2.24, 2.45) is 0 Å². The first kappa shape index (κ1) is 21.5. The molecule has 2 aromatic carbocycles. The third-order valence-corrected chi connectivity index (χ3v) is 5.55. The summed E-state index contributed by atoms with van der Waals surface area (Å²) in [6, 6.07) is 10.0. The van der Waals surface area contributed by atoms with Crippen LogP contribution in [0.3, 0.4) is 0 Å². The van der Waals surface area contributed by atoms with Crippen molar-refractivity contribution in [3.63, 3.8) is 0 Å². The third kappa shape index (κ3) is 5.83. The molecule has 0 heterocycles. The molecule has 10 heteroatoms. The minimum atomic E-state index is -4.85. The zero-order valence-corrected chi connectivity index (χ0v) is 15.9. The van der Waals surface area contributed by atoms with Crippen molar-refractivity contribution in [3.8, 4) is 5.75 Å². The molecule has 0 amide bonds. The van der Waals surface area contributed by atoms with Gasteiger partial charge in [0.05, 0.1) is 11.0 Å². The normalized spacial score (nSPS) is 14.6. The van der Waals surface area contributed by atoms with E-state index in [1.807, 2.05) is 0 Å². The Labute approximate surface area is 160 Å². The monoisotopic (exact) mass is 423 g/mol. The molecule has 0 aliphatic rings. The van der Waals surface area contributed by atoms with E-state index in [9.17, 15) is 21.6 Å². The molecule has 0 aliphatic heterocycles. The van der Waals surface area contributed by atoms with Crippen LogP contribution in [0.4, 0.5) is 13.2 Å². The Morgan fingerprint density at radius 3 is 2.19 bits per heavy atom. The van der Waals surface area contributed by atoms with E-state index >= 15 is 0 Å². The van der Waals surface area contributed by atoms with Gasteiger partial charge in [-0.15, -0.1) is 13.2 Å².